The molecule has 1 aliphatic rings. The second-order valence-electron chi connectivity index (χ2n) is 6.99. The van der Waals surface area contributed by atoms with E-state index in [1.165, 1.54) is 0 Å². The first kappa shape index (κ1) is 19.6. The van der Waals surface area contributed by atoms with Gasteiger partial charge in [-0.2, -0.15) is 0 Å². The maximum Gasteiger partial charge on any atom is 0.255 e. The highest BCUT2D eigenvalue weighted by atomic mass is 16.5. The largest absolute Gasteiger partial charge is 0.481 e. The zero-order valence-electron chi connectivity index (χ0n) is 16.9. The van der Waals surface area contributed by atoms with Gasteiger partial charge in [0.05, 0.1) is 12.7 Å². The van der Waals surface area contributed by atoms with E-state index in [2.05, 4.69) is 30.4 Å². The van der Waals surface area contributed by atoms with Crippen LogP contribution in [0.2, 0.25) is 0 Å². The number of hydrogen-bond acceptors (Lipinski definition) is 8. The van der Waals surface area contributed by atoms with Gasteiger partial charge in [0.25, 0.3) is 5.91 Å². The minimum Gasteiger partial charge on any atom is -0.481 e. The number of nitrogens with zero attached hydrogens (tertiary/aromatic N) is 6. The minimum absolute atomic E-state index is 0.0268. The van der Waals surface area contributed by atoms with Crippen molar-refractivity contribution in [3.8, 4) is 5.88 Å². The summed E-state index contributed by atoms with van der Waals surface area (Å²) >= 11 is 0. The number of pyridine rings is 2. The van der Waals surface area contributed by atoms with Crippen molar-refractivity contribution < 1.29 is 9.53 Å². The van der Waals surface area contributed by atoms with Gasteiger partial charge in [-0.25, -0.2) is 9.97 Å². The molecule has 3 aromatic heterocycles. The molecular weight excluding hydrogens is 382 g/mol. The van der Waals surface area contributed by atoms with Gasteiger partial charge in [-0.05, 0) is 36.8 Å². The Morgan fingerprint density at radius 1 is 0.933 bits per heavy atom. The number of carbonyl (C=O) groups excluding carboxylic acids is 1. The van der Waals surface area contributed by atoms with Crippen LogP contribution in [-0.2, 0) is 0 Å². The lowest BCUT2D eigenvalue weighted by Crippen LogP contribution is -2.49. The summed E-state index contributed by atoms with van der Waals surface area (Å²) in [6.07, 6.45) is 3.35. The van der Waals surface area contributed by atoms with E-state index in [1.807, 2.05) is 36.1 Å². The number of ether oxygens (including phenoxy) is 1. The monoisotopic (exact) mass is 405 g/mol. The smallest absolute Gasteiger partial charge is 0.255 e. The molecule has 1 fully saturated rings. The Morgan fingerprint density at radius 3 is 2.33 bits per heavy atom. The number of rotatable bonds is 5. The summed E-state index contributed by atoms with van der Waals surface area (Å²) in [5, 5.41) is 11.7. The standard InChI is InChI=1S/C21H23N7O2/c1-15-3-5-17(22-13-15)24-18-6-7-19(26-25-18)27-9-11-28(12-10-27)21(29)16-4-8-20(30-2)23-14-16/h3-8,13-14H,9-12H2,1-2H3,(H,22,24,25). The third-order valence-electron chi connectivity index (χ3n) is 4.90. The summed E-state index contributed by atoms with van der Waals surface area (Å²) in [6.45, 7) is 4.60. The van der Waals surface area contributed by atoms with Gasteiger partial charge in [-0.1, -0.05) is 6.07 Å². The molecule has 1 saturated heterocycles. The highest BCUT2D eigenvalue weighted by molar-refractivity contribution is 5.94. The first-order valence-corrected chi connectivity index (χ1v) is 9.70. The number of amides is 1. The topological polar surface area (TPSA) is 96.4 Å². The number of hydrogen-bond donors (Lipinski definition) is 1. The van der Waals surface area contributed by atoms with Crippen molar-refractivity contribution in [3.63, 3.8) is 0 Å². The third kappa shape index (κ3) is 4.45. The molecule has 154 valence electrons. The predicted octanol–water partition coefficient (Wildman–Crippen LogP) is 2.29. The molecule has 1 aliphatic heterocycles. The van der Waals surface area contributed by atoms with Crippen LogP contribution < -0.4 is 15.0 Å². The molecule has 0 aromatic carbocycles. The third-order valence-corrected chi connectivity index (χ3v) is 4.90. The molecule has 1 amide bonds. The van der Waals surface area contributed by atoms with E-state index < -0.39 is 0 Å². The van der Waals surface area contributed by atoms with Gasteiger partial charge in [0.2, 0.25) is 5.88 Å². The van der Waals surface area contributed by atoms with Gasteiger partial charge in [0.15, 0.2) is 11.6 Å². The van der Waals surface area contributed by atoms with E-state index in [9.17, 15) is 4.79 Å². The Kier molecular flexibility index (Phi) is 5.69. The summed E-state index contributed by atoms with van der Waals surface area (Å²) < 4.78 is 5.04. The summed E-state index contributed by atoms with van der Waals surface area (Å²) in [4.78, 5) is 25.0. The number of nitrogens with one attached hydrogen (secondary N) is 1. The van der Waals surface area contributed by atoms with Crippen LogP contribution in [0, 0.1) is 6.92 Å². The van der Waals surface area contributed by atoms with Crippen LogP contribution >= 0.6 is 0 Å². The molecule has 4 heterocycles. The van der Waals surface area contributed by atoms with Gasteiger partial charge in [0, 0.05) is 44.6 Å². The van der Waals surface area contributed by atoms with Gasteiger partial charge in [-0.15, -0.1) is 10.2 Å². The number of aromatic nitrogens is 4. The van der Waals surface area contributed by atoms with E-state index in [0.29, 0.717) is 43.4 Å². The lowest BCUT2D eigenvalue weighted by molar-refractivity contribution is 0.0746. The van der Waals surface area contributed by atoms with Gasteiger partial charge < -0.3 is 19.9 Å². The SMILES string of the molecule is COc1ccc(C(=O)N2CCN(c3ccc(Nc4ccc(C)cn4)nn3)CC2)cn1. The molecule has 9 heteroatoms. The van der Waals surface area contributed by atoms with Crippen LogP contribution in [0.4, 0.5) is 17.5 Å². The molecule has 0 atom stereocenters. The molecule has 0 radical (unpaired) electrons. The minimum atomic E-state index is -0.0268. The summed E-state index contributed by atoms with van der Waals surface area (Å²) in [7, 11) is 1.55. The highest BCUT2D eigenvalue weighted by Crippen LogP contribution is 2.18. The van der Waals surface area contributed by atoms with Crippen molar-refractivity contribution in [1.29, 1.82) is 0 Å². The Labute approximate surface area is 174 Å². The van der Waals surface area contributed by atoms with E-state index >= 15 is 0 Å². The zero-order chi connectivity index (χ0) is 20.9. The number of aryl methyl sites for hydroxylation is 1. The van der Waals surface area contributed by atoms with E-state index in [-0.39, 0.29) is 5.91 Å². The quantitative estimate of drug-likeness (QED) is 0.691. The van der Waals surface area contributed by atoms with E-state index in [4.69, 9.17) is 4.74 Å². The maximum absolute atomic E-state index is 12.7. The molecular formula is C21H23N7O2. The van der Waals surface area contributed by atoms with Crippen molar-refractivity contribution in [2.75, 3.05) is 43.5 Å². The fourth-order valence-corrected chi connectivity index (χ4v) is 3.18. The van der Waals surface area contributed by atoms with Crippen molar-refractivity contribution >= 4 is 23.4 Å². The Morgan fingerprint density at radius 2 is 1.73 bits per heavy atom. The Hall–Kier alpha value is -3.75. The highest BCUT2D eigenvalue weighted by Gasteiger charge is 2.23. The van der Waals surface area contributed by atoms with Crippen LogP contribution in [0.3, 0.4) is 0 Å². The molecule has 0 spiro atoms. The van der Waals surface area contributed by atoms with Crippen LogP contribution in [-0.4, -0.2) is 64.3 Å². The zero-order valence-corrected chi connectivity index (χ0v) is 16.9. The lowest BCUT2D eigenvalue weighted by Gasteiger charge is -2.35. The molecule has 0 aliphatic carbocycles. The summed E-state index contributed by atoms with van der Waals surface area (Å²) in [5.41, 5.74) is 1.66. The van der Waals surface area contributed by atoms with Gasteiger partial charge >= 0.3 is 0 Å². The predicted molar refractivity (Wildman–Crippen MR) is 113 cm³/mol. The summed E-state index contributed by atoms with van der Waals surface area (Å²) in [6, 6.07) is 11.1. The first-order valence-electron chi connectivity index (χ1n) is 9.70. The molecule has 0 saturated carbocycles. The molecule has 1 N–H and O–H groups in total. The average molecular weight is 405 g/mol. The number of methoxy groups -OCH3 is 1. The Bertz CT molecular complexity index is 983. The van der Waals surface area contributed by atoms with Gasteiger partial charge in [0.1, 0.15) is 5.82 Å². The number of carbonyl (C=O) groups is 1. The number of anilines is 3. The number of piperazine rings is 1. The van der Waals surface area contributed by atoms with Crippen molar-refractivity contribution in [1.82, 2.24) is 25.1 Å². The molecule has 3 aromatic rings. The average Bonchev–Trinajstić information content (AvgIpc) is 2.81. The molecule has 4 rings (SSSR count). The van der Waals surface area contributed by atoms with E-state index in [0.717, 1.165) is 17.2 Å². The second kappa shape index (κ2) is 8.73. The molecule has 0 unspecified atom stereocenters. The summed E-state index contributed by atoms with van der Waals surface area (Å²) in [5.74, 6) is 2.61. The van der Waals surface area contributed by atoms with Crippen molar-refractivity contribution in [3.05, 3.63) is 59.9 Å². The van der Waals surface area contributed by atoms with Crippen LogP contribution in [0.15, 0.2) is 48.8 Å². The fourth-order valence-electron chi connectivity index (χ4n) is 3.18. The van der Waals surface area contributed by atoms with Crippen molar-refractivity contribution in [2.45, 2.75) is 6.92 Å². The van der Waals surface area contributed by atoms with Gasteiger partial charge in [-0.3, -0.25) is 4.79 Å². The molecule has 9 nitrogen and oxygen atoms in total. The van der Waals surface area contributed by atoms with Crippen molar-refractivity contribution in [2.24, 2.45) is 0 Å². The van der Waals surface area contributed by atoms with Crippen LogP contribution in [0.25, 0.3) is 0 Å². The van der Waals surface area contributed by atoms with E-state index in [1.54, 1.807) is 31.6 Å². The lowest BCUT2D eigenvalue weighted by atomic mass is 10.2. The second-order valence-corrected chi connectivity index (χ2v) is 6.99. The molecule has 0 bridgehead atoms. The molecule has 30 heavy (non-hydrogen) atoms. The van der Waals surface area contributed by atoms with Crippen LogP contribution in [0.1, 0.15) is 15.9 Å². The maximum atomic E-state index is 12.7. The normalized spacial score (nSPS) is 13.8. The fraction of sp³-hybridized carbons (Fsp3) is 0.286. The Balaban J connectivity index is 1.33. The first-order chi connectivity index (χ1) is 14.6. The van der Waals surface area contributed by atoms with Crippen LogP contribution in [0.5, 0.6) is 5.88 Å².